The van der Waals surface area contributed by atoms with Crippen molar-refractivity contribution in [3.8, 4) is 11.8 Å². The summed E-state index contributed by atoms with van der Waals surface area (Å²) in [5, 5.41) is 11.6. The molecule has 2 aromatic rings. The lowest BCUT2D eigenvalue weighted by molar-refractivity contribution is -0.121. The molecule has 0 aromatic heterocycles. The van der Waals surface area contributed by atoms with Gasteiger partial charge in [-0.05, 0) is 30.3 Å². The van der Waals surface area contributed by atoms with E-state index in [4.69, 9.17) is 10.00 Å². The van der Waals surface area contributed by atoms with Crippen LogP contribution in [0, 0.1) is 11.3 Å². The van der Waals surface area contributed by atoms with Crippen molar-refractivity contribution in [2.75, 3.05) is 23.9 Å². The van der Waals surface area contributed by atoms with E-state index in [1.54, 1.807) is 49.5 Å². The zero-order chi connectivity index (χ0) is 16.4. The highest BCUT2D eigenvalue weighted by molar-refractivity contribution is 6.09. The number of para-hydroxylation sites is 1. The van der Waals surface area contributed by atoms with Gasteiger partial charge in [-0.3, -0.25) is 9.59 Å². The molecule has 0 fully saturated rings. The number of anilines is 2. The minimum Gasteiger partial charge on any atom is -0.481 e. The van der Waals surface area contributed by atoms with Crippen molar-refractivity contribution < 1.29 is 14.3 Å². The van der Waals surface area contributed by atoms with Crippen LogP contribution in [0.4, 0.5) is 11.4 Å². The van der Waals surface area contributed by atoms with Gasteiger partial charge < -0.3 is 15.0 Å². The van der Waals surface area contributed by atoms with E-state index in [2.05, 4.69) is 5.32 Å². The Hall–Kier alpha value is -3.33. The van der Waals surface area contributed by atoms with Gasteiger partial charge in [-0.15, -0.1) is 0 Å². The predicted octanol–water partition coefficient (Wildman–Crippen LogP) is 2.17. The summed E-state index contributed by atoms with van der Waals surface area (Å²) >= 11 is 0. The van der Waals surface area contributed by atoms with Crippen LogP contribution in [0.5, 0.6) is 5.75 Å². The first kappa shape index (κ1) is 14.6. The lowest BCUT2D eigenvalue weighted by Crippen LogP contribution is -2.36. The highest BCUT2D eigenvalue weighted by Crippen LogP contribution is 2.34. The molecule has 0 radical (unpaired) electrons. The van der Waals surface area contributed by atoms with Crippen LogP contribution in [-0.4, -0.2) is 25.5 Å². The van der Waals surface area contributed by atoms with Crippen LogP contribution in [0.2, 0.25) is 0 Å². The van der Waals surface area contributed by atoms with Gasteiger partial charge in [-0.1, -0.05) is 12.1 Å². The number of nitrogens with zero attached hydrogens (tertiary/aromatic N) is 2. The fourth-order valence-electron chi connectivity index (χ4n) is 2.35. The number of fused-ring (bicyclic) bond motifs is 1. The van der Waals surface area contributed by atoms with Gasteiger partial charge in [0.15, 0.2) is 12.4 Å². The summed E-state index contributed by atoms with van der Waals surface area (Å²) in [6.45, 7) is -0.0995. The largest absolute Gasteiger partial charge is 0.481 e. The van der Waals surface area contributed by atoms with Gasteiger partial charge in [0.1, 0.15) is 0 Å². The summed E-state index contributed by atoms with van der Waals surface area (Å²) in [5.74, 6) is -0.153. The molecule has 3 rings (SSSR count). The van der Waals surface area contributed by atoms with Crippen LogP contribution >= 0.6 is 0 Å². The van der Waals surface area contributed by atoms with Gasteiger partial charge in [0, 0.05) is 12.7 Å². The normalized spacial score (nSPS) is 12.9. The van der Waals surface area contributed by atoms with Crippen LogP contribution in [0.15, 0.2) is 42.5 Å². The first-order valence-electron chi connectivity index (χ1n) is 6.94. The van der Waals surface area contributed by atoms with E-state index >= 15 is 0 Å². The maximum atomic E-state index is 12.5. The number of benzene rings is 2. The van der Waals surface area contributed by atoms with Crippen LogP contribution < -0.4 is 15.0 Å². The Labute approximate surface area is 132 Å². The average molecular weight is 307 g/mol. The number of ether oxygens (including phenoxy) is 1. The molecule has 1 heterocycles. The number of amides is 2. The number of carbonyl (C=O) groups is 2. The number of hydrogen-bond donors (Lipinski definition) is 1. The Morgan fingerprint density at radius 3 is 2.87 bits per heavy atom. The van der Waals surface area contributed by atoms with Crippen molar-refractivity contribution in [2.45, 2.75) is 0 Å². The molecular formula is C17H13N3O3. The number of likely N-dealkylation sites (N-methyl/N-ethyl adjacent to an activating group) is 1. The van der Waals surface area contributed by atoms with Crippen LogP contribution in [-0.2, 0) is 4.79 Å². The molecule has 114 valence electrons. The minimum absolute atomic E-state index is 0.0995. The van der Waals surface area contributed by atoms with E-state index in [-0.39, 0.29) is 18.4 Å². The number of hydrogen-bond acceptors (Lipinski definition) is 4. The third-order valence-corrected chi connectivity index (χ3v) is 3.56. The first-order valence-corrected chi connectivity index (χ1v) is 6.94. The molecule has 1 aliphatic rings. The molecule has 2 aromatic carbocycles. The molecule has 1 N–H and O–H groups in total. The third-order valence-electron chi connectivity index (χ3n) is 3.56. The fraction of sp³-hybridized carbons (Fsp3) is 0.118. The first-order chi connectivity index (χ1) is 11.1. The fourth-order valence-corrected chi connectivity index (χ4v) is 2.35. The molecule has 6 nitrogen and oxygen atoms in total. The molecule has 2 amide bonds. The van der Waals surface area contributed by atoms with Crippen molar-refractivity contribution in [2.24, 2.45) is 0 Å². The molecule has 1 aliphatic heterocycles. The van der Waals surface area contributed by atoms with Gasteiger partial charge in [0.2, 0.25) is 0 Å². The number of carbonyl (C=O) groups excluding carboxylic acids is 2. The Morgan fingerprint density at radius 2 is 2.09 bits per heavy atom. The second kappa shape index (κ2) is 5.81. The molecule has 0 bridgehead atoms. The van der Waals surface area contributed by atoms with Crippen LogP contribution in [0.25, 0.3) is 0 Å². The van der Waals surface area contributed by atoms with E-state index in [1.165, 1.54) is 4.90 Å². The molecule has 0 spiro atoms. The maximum absolute atomic E-state index is 12.5. The molecular weight excluding hydrogens is 294 g/mol. The Kier molecular flexibility index (Phi) is 3.69. The number of rotatable bonds is 2. The van der Waals surface area contributed by atoms with E-state index in [1.807, 2.05) is 6.07 Å². The summed E-state index contributed by atoms with van der Waals surface area (Å²) in [6, 6.07) is 13.7. The van der Waals surface area contributed by atoms with Crippen LogP contribution in [0.1, 0.15) is 15.9 Å². The molecule has 0 saturated heterocycles. The quantitative estimate of drug-likeness (QED) is 0.921. The van der Waals surface area contributed by atoms with E-state index in [9.17, 15) is 9.59 Å². The highest BCUT2D eigenvalue weighted by Gasteiger charge is 2.26. The molecule has 0 aliphatic carbocycles. The van der Waals surface area contributed by atoms with Crippen molar-refractivity contribution in [1.29, 1.82) is 5.26 Å². The van der Waals surface area contributed by atoms with E-state index in [0.717, 1.165) is 0 Å². The Balaban J connectivity index is 1.92. The topological polar surface area (TPSA) is 82.4 Å². The second-order valence-corrected chi connectivity index (χ2v) is 5.04. The van der Waals surface area contributed by atoms with Crippen molar-refractivity contribution in [3.63, 3.8) is 0 Å². The zero-order valence-corrected chi connectivity index (χ0v) is 12.4. The SMILES string of the molecule is CN1C(=O)COc2c(C(=O)Nc3cccc(C#N)c3)cccc21. The molecule has 0 unspecified atom stereocenters. The van der Waals surface area contributed by atoms with E-state index < -0.39 is 0 Å². The van der Waals surface area contributed by atoms with Crippen molar-refractivity contribution >= 4 is 23.2 Å². The average Bonchev–Trinajstić information content (AvgIpc) is 2.58. The smallest absolute Gasteiger partial charge is 0.264 e. The summed E-state index contributed by atoms with van der Waals surface area (Å²) in [4.78, 5) is 25.6. The summed E-state index contributed by atoms with van der Waals surface area (Å²) in [5.41, 5.74) is 1.87. The summed E-state index contributed by atoms with van der Waals surface area (Å²) < 4.78 is 5.44. The summed E-state index contributed by atoms with van der Waals surface area (Å²) in [6.07, 6.45) is 0. The van der Waals surface area contributed by atoms with E-state index in [0.29, 0.717) is 28.3 Å². The van der Waals surface area contributed by atoms with Gasteiger partial charge in [0.25, 0.3) is 11.8 Å². The molecule has 0 atom stereocenters. The molecule has 23 heavy (non-hydrogen) atoms. The zero-order valence-electron chi connectivity index (χ0n) is 12.4. The highest BCUT2D eigenvalue weighted by atomic mass is 16.5. The maximum Gasteiger partial charge on any atom is 0.264 e. The predicted molar refractivity (Wildman–Crippen MR) is 84.5 cm³/mol. The number of nitrogens with one attached hydrogen (secondary N) is 1. The van der Waals surface area contributed by atoms with Crippen LogP contribution in [0.3, 0.4) is 0 Å². The summed E-state index contributed by atoms with van der Waals surface area (Å²) in [7, 11) is 1.64. The van der Waals surface area contributed by atoms with Gasteiger partial charge >= 0.3 is 0 Å². The lowest BCUT2D eigenvalue weighted by atomic mass is 10.1. The Bertz CT molecular complexity index is 839. The molecule has 6 heteroatoms. The second-order valence-electron chi connectivity index (χ2n) is 5.04. The third kappa shape index (κ3) is 2.72. The van der Waals surface area contributed by atoms with Crippen molar-refractivity contribution in [3.05, 3.63) is 53.6 Å². The number of nitriles is 1. The monoisotopic (exact) mass is 307 g/mol. The van der Waals surface area contributed by atoms with Gasteiger partial charge in [-0.2, -0.15) is 5.26 Å². The molecule has 0 saturated carbocycles. The Morgan fingerprint density at radius 1 is 1.30 bits per heavy atom. The standard InChI is InChI=1S/C17H13N3O3/c1-20-14-7-3-6-13(16(14)23-10-15(20)21)17(22)19-12-5-2-4-11(8-12)9-18/h2-8H,10H2,1H3,(H,19,22). The lowest BCUT2D eigenvalue weighted by Gasteiger charge is -2.27. The van der Waals surface area contributed by atoms with Crippen molar-refractivity contribution in [1.82, 2.24) is 0 Å². The van der Waals surface area contributed by atoms with Gasteiger partial charge in [0.05, 0.1) is 22.9 Å². The minimum atomic E-state index is -0.361. The van der Waals surface area contributed by atoms with Gasteiger partial charge in [-0.25, -0.2) is 0 Å².